The van der Waals surface area contributed by atoms with Crippen molar-refractivity contribution in [3.8, 4) is 0 Å². The molecule has 3 rings (SSSR count). The van der Waals surface area contributed by atoms with Crippen LogP contribution in [-0.4, -0.2) is 52.9 Å². The minimum atomic E-state index is -5.23. The van der Waals surface area contributed by atoms with Gasteiger partial charge in [-0.1, -0.05) is 6.07 Å². The smallest absolute Gasteiger partial charge is 0.373 e. The summed E-state index contributed by atoms with van der Waals surface area (Å²) in [5.41, 5.74) is -4.30. The third-order valence-electron chi connectivity index (χ3n) is 3.95. The van der Waals surface area contributed by atoms with Crippen LogP contribution >= 0.6 is 11.8 Å². The Kier molecular flexibility index (Phi) is 4.36. The zero-order valence-electron chi connectivity index (χ0n) is 12.0. The highest BCUT2D eigenvalue weighted by Gasteiger charge is 2.59. The molecule has 2 aliphatic rings. The molecule has 2 aliphatic heterocycles. The molecular weight excluding hydrogens is 353 g/mol. The number of aromatic nitrogens is 1. The largest absolute Gasteiger partial charge is 0.511 e. The lowest BCUT2D eigenvalue weighted by Crippen LogP contribution is -2.62. The Morgan fingerprint density at radius 2 is 2.17 bits per heavy atom. The average Bonchev–Trinajstić information content (AvgIpc) is 2.88. The minimum absolute atomic E-state index is 0.0871. The van der Waals surface area contributed by atoms with Gasteiger partial charge in [-0.3, -0.25) is 4.98 Å². The fraction of sp³-hybridized carbons (Fsp3) is 0.615. The van der Waals surface area contributed by atoms with E-state index in [1.807, 2.05) is 6.07 Å². The minimum Gasteiger partial charge on any atom is -0.373 e. The summed E-state index contributed by atoms with van der Waals surface area (Å²) in [6, 6.07) is 3.68. The second-order valence-electron chi connectivity index (χ2n) is 5.71. The van der Waals surface area contributed by atoms with Crippen LogP contribution in [-0.2, 0) is 21.4 Å². The summed E-state index contributed by atoms with van der Waals surface area (Å²) in [6.45, 7) is 0.179. The summed E-state index contributed by atoms with van der Waals surface area (Å²) >= 11 is 1.49. The Balaban J connectivity index is 1.52. The Morgan fingerprint density at radius 3 is 2.78 bits per heavy atom. The second kappa shape index (κ2) is 5.91. The van der Waals surface area contributed by atoms with E-state index >= 15 is 0 Å². The number of hydrogen-bond donors (Lipinski definition) is 0. The molecule has 1 aromatic rings. The van der Waals surface area contributed by atoms with Gasteiger partial charge in [0.2, 0.25) is 0 Å². The molecule has 0 radical (unpaired) electrons. The molecule has 5 nitrogen and oxygen atoms in total. The topological polar surface area (TPSA) is 59.5 Å². The summed E-state index contributed by atoms with van der Waals surface area (Å²) in [6.07, 6.45) is 3.82. The van der Waals surface area contributed by atoms with Gasteiger partial charge in [-0.15, -0.1) is 11.8 Å². The Morgan fingerprint density at radius 1 is 1.43 bits per heavy atom. The predicted octanol–water partition coefficient (Wildman–Crippen LogP) is 2.01. The maximum absolute atomic E-state index is 12.5. The van der Waals surface area contributed by atoms with Crippen LogP contribution in [0, 0.1) is 0 Å². The quantitative estimate of drug-likeness (QED) is 0.814. The van der Waals surface area contributed by atoms with E-state index in [0.29, 0.717) is 23.1 Å². The lowest BCUT2D eigenvalue weighted by Gasteiger charge is -2.46. The van der Waals surface area contributed by atoms with Crippen LogP contribution in [0.2, 0.25) is 0 Å². The summed E-state index contributed by atoms with van der Waals surface area (Å²) in [5, 5.41) is 0. The monoisotopic (exact) mass is 368 g/mol. The van der Waals surface area contributed by atoms with Gasteiger partial charge in [0, 0.05) is 36.0 Å². The number of alkyl halides is 3. The normalized spacial score (nSPS) is 24.7. The first kappa shape index (κ1) is 17.0. The lowest BCUT2D eigenvalue weighted by molar-refractivity contribution is -0.0521. The maximum Gasteiger partial charge on any atom is 0.511 e. The standard InChI is InChI=1S/C13H15F3N2O3S2/c14-13(15,16)23(19,20)18-8-12(9-18)4-11(7-22-12)21-6-10-2-1-3-17-5-10/h1-3,5,11H,4,6-9H2. The summed E-state index contributed by atoms with van der Waals surface area (Å²) < 4.78 is 65.9. The fourth-order valence-corrected chi connectivity index (χ4v) is 5.58. The van der Waals surface area contributed by atoms with Crippen LogP contribution in [0.5, 0.6) is 0 Å². The van der Waals surface area contributed by atoms with Crippen molar-refractivity contribution in [2.75, 3.05) is 18.8 Å². The van der Waals surface area contributed by atoms with Gasteiger partial charge in [0.25, 0.3) is 0 Å². The van der Waals surface area contributed by atoms with Crippen LogP contribution in [0.15, 0.2) is 24.5 Å². The Labute approximate surface area is 136 Å². The first-order valence-corrected chi connectivity index (χ1v) is 9.35. The van der Waals surface area contributed by atoms with Gasteiger partial charge in [-0.25, -0.2) is 8.42 Å². The Hall–Kier alpha value is -0.840. The van der Waals surface area contributed by atoms with Gasteiger partial charge in [-0.2, -0.15) is 17.5 Å². The van der Waals surface area contributed by atoms with Crippen LogP contribution in [0.1, 0.15) is 12.0 Å². The van der Waals surface area contributed by atoms with E-state index in [2.05, 4.69) is 4.98 Å². The molecule has 1 spiro atoms. The maximum atomic E-state index is 12.5. The number of nitrogens with zero attached hydrogens (tertiary/aromatic N) is 2. The number of ether oxygens (including phenoxy) is 1. The SMILES string of the molecule is O=S(=O)(N1CC2(CC(OCc3cccnc3)CS2)C1)C(F)(F)F. The van der Waals surface area contributed by atoms with Crippen LogP contribution in [0.3, 0.4) is 0 Å². The molecule has 0 aliphatic carbocycles. The van der Waals surface area contributed by atoms with E-state index in [-0.39, 0.29) is 19.2 Å². The van der Waals surface area contributed by atoms with E-state index < -0.39 is 20.3 Å². The summed E-state index contributed by atoms with van der Waals surface area (Å²) in [7, 11) is -5.20. The highest BCUT2D eigenvalue weighted by molar-refractivity contribution is 8.01. The van der Waals surface area contributed by atoms with Gasteiger partial charge in [-0.05, 0) is 18.1 Å². The molecule has 0 aromatic carbocycles. The number of thioether (sulfide) groups is 1. The molecule has 1 atom stereocenters. The molecule has 0 N–H and O–H groups in total. The highest BCUT2D eigenvalue weighted by Crippen LogP contribution is 2.48. The van der Waals surface area contributed by atoms with Crippen LogP contribution in [0.25, 0.3) is 0 Å². The molecule has 2 fully saturated rings. The molecule has 1 aromatic heterocycles. The Bertz CT molecular complexity index is 661. The van der Waals surface area contributed by atoms with E-state index in [1.165, 1.54) is 11.8 Å². The summed E-state index contributed by atoms with van der Waals surface area (Å²) in [4.78, 5) is 3.98. The van der Waals surface area contributed by atoms with E-state index in [9.17, 15) is 21.6 Å². The van der Waals surface area contributed by atoms with Gasteiger partial charge >= 0.3 is 15.5 Å². The third kappa shape index (κ3) is 3.35. The summed E-state index contributed by atoms with van der Waals surface area (Å²) in [5.74, 6) is 0.653. The number of halogens is 3. The first-order valence-electron chi connectivity index (χ1n) is 6.93. The van der Waals surface area contributed by atoms with E-state index in [1.54, 1.807) is 18.5 Å². The van der Waals surface area contributed by atoms with Crippen LogP contribution in [0.4, 0.5) is 13.2 Å². The average molecular weight is 368 g/mol. The predicted molar refractivity (Wildman–Crippen MR) is 79.2 cm³/mol. The molecule has 0 bridgehead atoms. The van der Waals surface area contributed by atoms with Crippen molar-refractivity contribution in [1.29, 1.82) is 0 Å². The van der Waals surface area contributed by atoms with E-state index in [0.717, 1.165) is 5.56 Å². The van der Waals surface area contributed by atoms with Crippen molar-refractivity contribution in [3.63, 3.8) is 0 Å². The molecule has 10 heteroatoms. The van der Waals surface area contributed by atoms with Crippen molar-refractivity contribution in [3.05, 3.63) is 30.1 Å². The van der Waals surface area contributed by atoms with Crippen molar-refractivity contribution in [2.45, 2.75) is 29.4 Å². The molecule has 1 unspecified atom stereocenters. The van der Waals surface area contributed by atoms with Crippen molar-refractivity contribution < 1.29 is 26.3 Å². The van der Waals surface area contributed by atoms with Crippen LogP contribution < -0.4 is 0 Å². The van der Waals surface area contributed by atoms with Crippen molar-refractivity contribution in [1.82, 2.24) is 9.29 Å². The fourth-order valence-electron chi connectivity index (χ4n) is 2.74. The highest BCUT2D eigenvalue weighted by atomic mass is 32.2. The molecule has 2 saturated heterocycles. The second-order valence-corrected chi connectivity index (χ2v) is 9.13. The van der Waals surface area contributed by atoms with Gasteiger partial charge < -0.3 is 4.74 Å². The zero-order chi connectivity index (χ0) is 16.7. The number of pyridine rings is 1. The van der Waals surface area contributed by atoms with E-state index in [4.69, 9.17) is 4.74 Å². The van der Waals surface area contributed by atoms with Crippen molar-refractivity contribution in [2.24, 2.45) is 0 Å². The van der Waals surface area contributed by atoms with Gasteiger partial charge in [0.05, 0.1) is 12.7 Å². The molecule has 128 valence electrons. The first-order chi connectivity index (χ1) is 10.7. The molecule has 0 saturated carbocycles. The van der Waals surface area contributed by atoms with Gasteiger partial charge in [0.15, 0.2) is 0 Å². The number of sulfonamides is 1. The number of rotatable bonds is 4. The number of hydrogen-bond acceptors (Lipinski definition) is 5. The third-order valence-corrected chi connectivity index (χ3v) is 7.04. The molecule has 3 heterocycles. The van der Waals surface area contributed by atoms with Crippen molar-refractivity contribution >= 4 is 21.8 Å². The van der Waals surface area contributed by atoms with Gasteiger partial charge in [0.1, 0.15) is 0 Å². The molecule has 0 amide bonds. The molecule has 23 heavy (non-hydrogen) atoms. The molecular formula is C13H15F3N2O3S2. The lowest BCUT2D eigenvalue weighted by atomic mass is 9.95. The zero-order valence-corrected chi connectivity index (χ0v) is 13.6.